The molecule has 0 spiro atoms. The molecule has 0 aliphatic heterocycles. The van der Waals surface area contributed by atoms with Crippen LogP contribution in [0.25, 0.3) is 54.1 Å². The standard InChI is InChI=1S/C40H42BrNOSi.2ClH.Zr/c1-40(2,3)43-24-14-6-7-15-25-44(5,38-31-19-11-8-16-28(31)29-17-9-12-20-32(29)38)39-33-21-13-10-18-30(33)37-36(39)34-26-27(41)22-23-35(34)42(37)4;;;/h8-13,16-23,26H,6-7,14-15,24-25H2,1-5H3;2*1H;/q-2;;;+4/p-2. The van der Waals surface area contributed by atoms with E-state index in [-0.39, 0.29) is 5.60 Å². The third kappa shape index (κ3) is 6.75. The zero-order valence-electron chi connectivity index (χ0n) is 27.9. The van der Waals surface area contributed by atoms with Crippen molar-refractivity contribution >= 4 is 106 Å². The van der Waals surface area contributed by atoms with Crippen molar-refractivity contribution in [2.45, 2.75) is 64.6 Å². The van der Waals surface area contributed by atoms with Gasteiger partial charge in [0.05, 0.1) is 5.60 Å². The van der Waals surface area contributed by atoms with E-state index in [0.717, 1.165) is 17.5 Å². The Balaban J connectivity index is 0.00000124. The predicted octanol–water partition coefficient (Wildman–Crippen LogP) is 11.9. The van der Waals surface area contributed by atoms with E-state index in [1.165, 1.54) is 79.4 Å². The average molecular weight is 823 g/mol. The molecule has 0 aliphatic carbocycles. The number of nitrogens with zero attached hydrogens (tertiary/aromatic N) is 1. The van der Waals surface area contributed by atoms with Gasteiger partial charge in [-0.15, -0.1) is 55.5 Å². The summed E-state index contributed by atoms with van der Waals surface area (Å²) in [4.78, 5) is 0. The molecule has 0 aliphatic rings. The maximum atomic E-state index is 6.04. The molecular weight excluding hydrogens is 781 g/mol. The van der Waals surface area contributed by atoms with Crippen molar-refractivity contribution in [1.82, 2.24) is 4.57 Å². The molecule has 1 heterocycles. The van der Waals surface area contributed by atoms with Crippen molar-refractivity contribution in [3.8, 4) is 0 Å². The number of ether oxygens (including phenoxy) is 1. The zero-order chi connectivity index (χ0) is 33.3. The molecule has 0 radical (unpaired) electrons. The van der Waals surface area contributed by atoms with Crippen molar-refractivity contribution in [3.63, 3.8) is 0 Å². The summed E-state index contributed by atoms with van der Waals surface area (Å²) in [5, 5.41) is 14.6. The molecule has 1 atom stereocenters. The summed E-state index contributed by atoms with van der Waals surface area (Å²) in [5.41, 5.74) is 2.61. The summed E-state index contributed by atoms with van der Waals surface area (Å²) in [7, 11) is 9.78. The molecule has 0 N–H and O–H groups in total. The zero-order valence-corrected chi connectivity index (χ0v) is 34.4. The van der Waals surface area contributed by atoms with Crippen molar-refractivity contribution in [3.05, 3.63) is 95.5 Å². The van der Waals surface area contributed by atoms with Gasteiger partial charge in [0.25, 0.3) is 0 Å². The minimum atomic E-state index is -2.33. The Morgan fingerprint density at radius 3 is 1.87 bits per heavy atom. The van der Waals surface area contributed by atoms with Crippen molar-refractivity contribution in [2.24, 2.45) is 7.05 Å². The van der Waals surface area contributed by atoms with Gasteiger partial charge < -0.3 is 9.30 Å². The van der Waals surface area contributed by atoms with Gasteiger partial charge in [-0.05, 0) is 44.8 Å². The molecule has 7 rings (SSSR count). The Bertz CT molecular complexity index is 2120. The number of hydrogen-bond donors (Lipinski definition) is 0. The van der Waals surface area contributed by atoms with Gasteiger partial charge in [-0.3, -0.25) is 0 Å². The number of aromatic nitrogens is 1. The van der Waals surface area contributed by atoms with Crippen LogP contribution in [-0.2, 0) is 32.6 Å². The number of fused-ring (bicyclic) bond motifs is 8. The van der Waals surface area contributed by atoms with Crippen LogP contribution in [0.3, 0.4) is 0 Å². The first-order chi connectivity index (χ1) is 22.6. The Labute approximate surface area is 306 Å². The summed E-state index contributed by atoms with van der Waals surface area (Å²) >= 11 is 3.00. The van der Waals surface area contributed by atoms with Crippen LogP contribution in [0.5, 0.6) is 0 Å². The van der Waals surface area contributed by atoms with E-state index in [1.54, 1.807) is 10.4 Å². The second-order valence-electron chi connectivity index (χ2n) is 13.9. The maximum absolute atomic E-state index is 6.04. The topological polar surface area (TPSA) is 14.2 Å². The van der Waals surface area contributed by atoms with Crippen LogP contribution in [-0.4, -0.2) is 24.8 Å². The first-order valence-electron chi connectivity index (χ1n) is 16.5. The molecule has 0 saturated heterocycles. The first kappa shape index (κ1) is 35.1. The summed E-state index contributed by atoms with van der Waals surface area (Å²) in [6.07, 6.45) is 4.79. The molecule has 0 saturated carbocycles. The van der Waals surface area contributed by atoms with Gasteiger partial charge in [0.15, 0.2) is 0 Å². The normalized spacial score (nSPS) is 13.4. The molecule has 6 aromatic carbocycles. The molecule has 7 aromatic rings. The van der Waals surface area contributed by atoms with Crippen LogP contribution < -0.4 is 10.4 Å². The predicted molar refractivity (Wildman–Crippen MR) is 210 cm³/mol. The second-order valence-corrected chi connectivity index (χ2v) is 22.7. The van der Waals surface area contributed by atoms with E-state index < -0.39 is 28.9 Å². The average Bonchev–Trinajstić information content (AvgIpc) is 3.67. The monoisotopic (exact) mass is 819 g/mol. The number of aryl methyl sites for hydroxylation is 1. The van der Waals surface area contributed by atoms with Gasteiger partial charge in [0, 0.05) is 31.7 Å². The van der Waals surface area contributed by atoms with Gasteiger partial charge in [-0.2, -0.15) is 0 Å². The van der Waals surface area contributed by atoms with Gasteiger partial charge in [0.1, 0.15) is 0 Å². The molecule has 1 unspecified atom stereocenters. The summed E-state index contributed by atoms with van der Waals surface area (Å²) in [6, 6.07) is 35.6. The number of rotatable bonds is 9. The van der Waals surface area contributed by atoms with Gasteiger partial charge >= 0.3 is 37.9 Å². The SMILES string of the molecule is Cn1c2ccc(Br)cc2c2c1c1ccccc1[c-]2[Si](C)(CCCCCCOC(C)(C)C)[c-]1c2ccccc2c2ccccc21.[Cl][Zr+2][Cl]. The van der Waals surface area contributed by atoms with Gasteiger partial charge in [-0.25, -0.2) is 0 Å². The molecule has 0 fully saturated rings. The third-order valence-corrected chi connectivity index (χ3v) is 14.9. The van der Waals surface area contributed by atoms with E-state index in [2.05, 4.69) is 146 Å². The van der Waals surface area contributed by atoms with E-state index >= 15 is 0 Å². The Morgan fingerprint density at radius 1 is 0.745 bits per heavy atom. The van der Waals surface area contributed by atoms with E-state index in [9.17, 15) is 0 Å². The second kappa shape index (κ2) is 14.6. The molecule has 1 aromatic heterocycles. The number of benzene rings is 4. The van der Waals surface area contributed by atoms with E-state index in [1.807, 2.05) is 0 Å². The molecule has 242 valence electrons. The van der Waals surface area contributed by atoms with Crippen molar-refractivity contribution in [2.75, 3.05) is 6.61 Å². The Morgan fingerprint density at radius 2 is 1.28 bits per heavy atom. The molecule has 0 bridgehead atoms. The summed E-state index contributed by atoms with van der Waals surface area (Å²) < 4.78 is 9.62. The molecular formula is C40H42BrCl2NOSiZr. The van der Waals surface area contributed by atoms with Crippen LogP contribution in [0, 0.1) is 0 Å². The first-order valence-corrected chi connectivity index (χ1v) is 26.4. The van der Waals surface area contributed by atoms with Crippen LogP contribution in [0.4, 0.5) is 0 Å². The van der Waals surface area contributed by atoms with E-state index in [0.29, 0.717) is 0 Å². The van der Waals surface area contributed by atoms with Gasteiger partial charge in [-0.1, -0.05) is 125 Å². The third-order valence-electron chi connectivity index (χ3n) is 9.76. The minimum absolute atomic E-state index is 0.0664. The fourth-order valence-electron chi connectivity index (χ4n) is 7.90. The van der Waals surface area contributed by atoms with Crippen LogP contribution >= 0.6 is 33.0 Å². The molecule has 0 amide bonds. The number of halogens is 3. The van der Waals surface area contributed by atoms with Crippen LogP contribution in [0.2, 0.25) is 12.6 Å². The molecule has 7 heteroatoms. The summed E-state index contributed by atoms with van der Waals surface area (Å²) in [6.45, 7) is 9.97. The summed E-state index contributed by atoms with van der Waals surface area (Å²) in [5.74, 6) is 0. The Hall–Kier alpha value is -1.72. The fraction of sp³-hybridized carbons (Fsp3) is 0.300. The fourth-order valence-corrected chi connectivity index (χ4v) is 13.2. The van der Waals surface area contributed by atoms with E-state index in [4.69, 9.17) is 21.8 Å². The van der Waals surface area contributed by atoms with Crippen LogP contribution in [0.1, 0.15) is 46.5 Å². The number of unbranched alkanes of at least 4 members (excludes halogenated alkanes) is 3. The van der Waals surface area contributed by atoms with Crippen molar-refractivity contribution < 1.29 is 25.6 Å². The Kier molecular flexibility index (Phi) is 10.9. The van der Waals surface area contributed by atoms with Gasteiger partial charge in [0.2, 0.25) is 0 Å². The number of hydrogen-bond acceptors (Lipinski definition) is 1. The molecule has 47 heavy (non-hydrogen) atoms. The van der Waals surface area contributed by atoms with Crippen molar-refractivity contribution in [1.29, 1.82) is 0 Å². The quantitative estimate of drug-likeness (QED) is 0.0804. The van der Waals surface area contributed by atoms with Crippen LogP contribution in [0.15, 0.2) is 95.5 Å². The molecule has 2 nitrogen and oxygen atoms in total.